The Kier molecular flexibility index (Phi) is 7.66. The lowest BCUT2D eigenvalue weighted by molar-refractivity contribution is 0.102. The van der Waals surface area contributed by atoms with Crippen LogP contribution in [-0.4, -0.2) is 58.7 Å². The summed E-state index contributed by atoms with van der Waals surface area (Å²) < 4.78 is 26.5. The number of anilines is 3. The number of aryl methyl sites for hydroxylation is 2. The number of hydrogen-bond acceptors (Lipinski definition) is 5. The van der Waals surface area contributed by atoms with E-state index in [1.165, 1.54) is 10.6 Å². The van der Waals surface area contributed by atoms with Crippen molar-refractivity contribution in [1.29, 1.82) is 0 Å². The first-order chi connectivity index (χ1) is 17.1. The van der Waals surface area contributed by atoms with Crippen LogP contribution in [0.5, 0.6) is 0 Å². The van der Waals surface area contributed by atoms with Gasteiger partial charge >= 0.3 is 0 Å². The summed E-state index contributed by atoms with van der Waals surface area (Å²) >= 11 is 0. The second kappa shape index (κ2) is 10.7. The smallest absolute Gasteiger partial charge is 0.255 e. The van der Waals surface area contributed by atoms with Gasteiger partial charge in [-0.15, -0.1) is 0 Å². The summed E-state index contributed by atoms with van der Waals surface area (Å²) in [5.74, 6) is -0.205. The van der Waals surface area contributed by atoms with Crippen LogP contribution < -0.4 is 14.5 Å². The van der Waals surface area contributed by atoms with Gasteiger partial charge in [0.1, 0.15) is 0 Å². The number of likely N-dealkylation sites (N-methyl/N-ethyl adjacent to an activating group) is 1. The summed E-state index contributed by atoms with van der Waals surface area (Å²) in [6, 6.07) is 20.7. The number of piperazine rings is 1. The Hall–Kier alpha value is -3.36. The number of amides is 1. The molecule has 7 nitrogen and oxygen atoms in total. The summed E-state index contributed by atoms with van der Waals surface area (Å²) in [4.78, 5) is 17.5. The first-order valence-corrected chi connectivity index (χ1v) is 13.9. The third-order valence-electron chi connectivity index (χ3n) is 6.43. The standard InChI is InChI=1S/C28H34N4O3S/c1-21-17-22(2)19-27(18-21)32(36(4,34)35)20-23-5-7-24(8-6-23)28(33)29-25-9-11-26(12-10-25)31-15-13-30(3)14-16-31/h5-12,17-19H,13-16,20H2,1-4H3,(H,29,33). The van der Waals surface area contributed by atoms with Crippen molar-refractivity contribution in [2.45, 2.75) is 20.4 Å². The molecule has 1 aliphatic heterocycles. The number of rotatable bonds is 7. The highest BCUT2D eigenvalue weighted by Crippen LogP contribution is 2.24. The lowest BCUT2D eigenvalue weighted by Crippen LogP contribution is -2.44. The van der Waals surface area contributed by atoms with Gasteiger partial charge in [0.15, 0.2) is 0 Å². The van der Waals surface area contributed by atoms with Crippen molar-refractivity contribution >= 4 is 33.0 Å². The molecule has 0 radical (unpaired) electrons. The third-order valence-corrected chi connectivity index (χ3v) is 7.57. The molecular weight excluding hydrogens is 472 g/mol. The molecule has 8 heteroatoms. The van der Waals surface area contributed by atoms with Crippen LogP contribution in [0.25, 0.3) is 0 Å². The maximum atomic E-state index is 12.8. The number of carbonyl (C=O) groups excluding carboxylic acids is 1. The molecule has 0 atom stereocenters. The number of carbonyl (C=O) groups is 1. The Balaban J connectivity index is 1.42. The SMILES string of the molecule is Cc1cc(C)cc(N(Cc2ccc(C(=O)Nc3ccc(N4CCN(C)CC4)cc3)cc2)S(C)(=O)=O)c1. The predicted octanol–water partition coefficient (Wildman–Crippen LogP) is 4.27. The first kappa shape index (κ1) is 25.7. The number of nitrogens with zero attached hydrogens (tertiary/aromatic N) is 3. The molecule has 1 aliphatic rings. The molecule has 0 bridgehead atoms. The molecule has 1 N–H and O–H groups in total. The molecular formula is C28H34N4O3S. The topological polar surface area (TPSA) is 73.0 Å². The number of hydrogen-bond donors (Lipinski definition) is 1. The second-order valence-corrected chi connectivity index (χ2v) is 11.5. The molecule has 1 heterocycles. The molecule has 0 spiro atoms. The lowest BCUT2D eigenvalue weighted by Gasteiger charge is -2.34. The molecule has 3 aromatic carbocycles. The van der Waals surface area contributed by atoms with E-state index in [4.69, 9.17) is 0 Å². The van der Waals surface area contributed by atoms with Crippen molar-refractivity contribution in [3.63, 3.8) is 0 Å². The Morgan fingerprint density at radius 2 is 1.47 bits per heavy atom. The van der Waals surface area contributed by atoms with Crippen LogP contribution >= 0.6 is 0 Å². The van der Waals surface area contributed by atoms with Crippen LogP contribution in [0, 0.1) is 13.8 Å². The summed E-state index contributed by atoms with van der Waals surface area (Å²) in [5.41, 5.74) is 5.85. The molecule has 3 aromatic rings. The van der Waals surface area contributed by atoms with Crippen molar-refractivity contribution in [1.82, 2.24) is 4.90 Å². The van der Waals surface area contributed by atoms with Gasteiger partial charge < -0.3 is 15.1 Å². The normalized spacial score (nSPS) is 14.5. The Morgan fingerprint density at radius 3 is 2.03 bits per heavy atom. The summed E-state index contributed by atoms with van der Waals surface area (Å²) in [6.45, 7) is 8.16. The van der Waals surface area contributed by atoms with Crippen LogP contribution in [0.15, 0.2) is 66.7 Å². The maximum absolute atomic E-state index is 12.8. The minimum atomic E-state index is -3.48. The average molecular weight is 507 g/mol. The molecule has 0 unspecified atom stereocenters. The fourth-order valence-corrected chi connectivity index (χ4v) is 5.32. The van der Waals surface area contributed by atoms with Gasteiger partial charge in [0.25, 0.3) is 5.91 Å². The second-order valence-electron chi connectivity index (χ2n) is 9.60. The van der Waals surface area contributed by atoms with E-state index in [1.54, 1.807) is 24.3 Å². The van der Waals surface area contributed by atoms with Crippen LogP contribution in [-0.2, 0) is 16.6 Å². The highest BCUT2D eigenvalue weighted by molar-refractivity contribution is 7.92. The predicted molar refractivity (Wildman–Crippen MR) is 147 cm³/mol. The number of nitrogens with one attached hydrogen (secondary N) is 1. The minimum absolute atomic E-state index is 0.192. The quantitative estimate of drug-likeness (QED) is 0.518. The van der Waals surface area contributed by atoms with Gasteiger partial charge in [0.05, 0.1) is 18.5 Å². The molecule has 36 heavy (non-hydrogen) atoms. The van der Waals surface area contributed by atoms with Crippen LogP contribution in [0.2, 0.25) is 0 Å². The molecule has 0 aromatic heterocycles. The number of benzene rings is 3. The summed E-state index contributed by atoms with van der Waals surface area (Å²) in [6.07, 6.45) is 1.21. The van der Waals surface area contributed by atoms with Gasteiger partial charge in [-0.1, -0.05) is 18.2 Å². The van der Waals surface area contributed by atoms with Gasteiger partial charge in [-0.05, 0) is 86.1 Å². The molecule has 1 amide bonds. The molecule has 0 saturated carbocycles. The van der Waals surface area contributed by atoms with Crippen molar-refractivity contribution in [2.75, 3.05) is 54.0 Å². The maximum Gasteiger partial charge on any atom is 0.255 e. The van der Waals surface area contributed by atoms with Gasteiger partial charge in [0.2, 0.25) is 10.0 Å². The van der Waals surface area contributed by atoms with Crippen LogP contribution in [0.3, 0.4) is 0 Å². The third kappa shape index (κ3) is 6.44. The average Bonchev–Trinajstić information content (AvgIpc) is 2.82. The Bertz CT molecular complexity index is 1290. The van der Waals surface area contributed by atoms with Crippen molar-refractivity contribution in [3.05, 3.63) is 89.0 Å². The Morgan fingerprint density at radius 1 is 0.889 bits per heavy atom. The first-order valence-electron chi connectivity index (χ1n) is 12.1. The van der Waals surface area contributed by atoms with Crippen molar-refractivity contribution in [2.24, 2.45) is 0 Å². The highest BCUT2D eigenvalue weighted by Gasteiger charge is 2.19. The largest absolute Gasteiger partial charge is 0.369 e. The molecule has 4 rings (SSSR count). The van der Waals surface area contributed by atoms with E-state index < -0.39 is 10.0 Å². The fraction of sp³-hybridized carbons (Fsp3) is 0.321. The van der Waals surface area contributed by atoms with Crippen LogP contribution in [0.1, 0.15) is 27.0 Å². The van der Waals surface area contributed by atoms with E-state index >= 15 is 0 Å². The van der Waals surface area contributed by atoms with Gasteiger partial charge in [-0.3, -0.25) is 9.10 Å². The summed E-state index contributed by atoms with van der Waals surface area (Å²) in [5, 5.41) is 2.95. The zero-order valence-electron chi connectivity index (χ0n) is 21.4. The molecule has 1 saturated heterocycles. The monoisotopic (exact) mass is 506 g/mol. The van der Waals surface area contributed by atoms with Gasteiger partial charge in [-0.2, -0.15) is 0 Å². The van der Waals surface area contributed by atoms with Crippen LogP contribution in [0.4, 0.5) is 17.1 Å². The highest BCUT2D eigenvalue weighted by atomic mass is 32.2. The zero-order valence-corrected chi connectivity index (χ0v) is 22.2. The minimum Gasteiger partial charge on any atom is -0.369 e. The molecule has 0 aliphatic carbocycles. The van der Waals surface area contributed by atoms with Gasteiger partial charge in [-0.25, -0.2) is 8.42 Å². The van der Waals surface area contributed by atoms with Crippen molar-refractivity contribution in [3.8, 4) is 0 Å². The lowest BCUT2D eigenvalue weighted by atomic mass is 10.1. The molecule has 1 fully saturated rings. The Labute approximate surface area is 214 Å². The van der Waals surface area contributed by atoms with E-state index in [0.717, 1.165) is 54.2 Å². The van der Waals surface area contributed by atoms with E-state index in [2.05, 4.69) is 22.2 Å². The number of sulfonamides is 1. The van der Waals surface area contributed by atoms with E-state index in [0.29, 0.717) is 11.3 Å². The summed E-state index contributed by atoms with van der Waals surface area (Å²) in [7, 11) is -1.35. The van der Waals surface area contributed by atoms with Gasteiger partial charge in [0, 0.05) is 43.1 Å². The fourth-order valence-electron chi connectivity index (χ4n) is 4.45. The molecule has 190 valence electrons. The van der Waals surface area contributed by atoms with E-state index in [-0.39, 0.29) is 12.5 Å². The zero-order chi connectivity index (χ0) is 25.9. The van der Waals surface area contributed by atoms with E-state index in [9.17, 15) is 13.2 Å². The van der Waals surface area contributed by atoms with Crippen molar-refractivity contribution < 1.29 is 13.2 Å². The van der Waals surface area contributed by atoms with E-state index in [1.807, 2.05) is 56.3 Å².